The van der Waals surface area contributed by atoms with Gasteiger partial charge in [-0.25, -0.2) is 13.4 Å². The van der Waals surface area contributed by atoms with E-state index in [4.69, 9.17) is 11.6 Å². The van der Waals surface area contributed by atoms with E-state index in [0.717, 1.165) is 16.6 Å². The number of aromatic nitrogens is 2. The van der Waals surface area contributed by atoms with Crippen LogP contribution in [-0.2, 0) is 21.4 Å². The molecule has 0 unspecified atom stereocenters. The van der Waals surface area contributed by atoms with Crippen molar-refractivity contribution in [2.24, 2.45) is 0 Å². The molecule has 8 nitrogen and oxygen atoms in total. The van der Waals surface area contributed by atoms with Gasteiger partial charge in [0.15, 0.2) is 5.13 Å². The molecule has 3 heterocycles. The molecule has 1 saturated heterocycles. The highest BCUT2D eigenvalue weighted by atomic mass is 35.5. The molecule has 5 rings (SSSR count). The van der Waals surface area contributed by atoms with Gasteiger partial charge in [0.2, 0.25) is 5.91 Å². The number of carbonyl (C=O) groups excluding carboxylic acids is 1. The number of anilines is 2. The summed E-state index contributed by atoms with van der Waals surface area (Å²) in [5.74, 6) is 0.0596. The average molecular weight is 534 g/mol. The van der Waals surface area contributed by atoms with Crippen molar-refractivity contribution < 1.29 is 16.1 Å². The summed E-state index contributed by atoms with van der Waals surface area (Å²) >= 11 is 7.37. The number of rotatable bonds is 6. The maximum atomic E-state index is 13.1. The van der Waals surface area contributed by atoms with Crippen molar-refractivity contribution in [3.63, 3.8) is 0 Å². The van der Waals surface area contributed by atoms with E-state index in [1.165, 1.54) is 11.3 Å². The SMILES string of the molecule is C[C@H]1CN(c2ccc(S(=O)(=O)Nc3nccs3)cc2)CCN1C(=O)Cn1ccc2ccc(Cl)cc21.[HH].[HH]. The van der Waals surface area contributed by atoms with Crippen LogP contribution >= 0.6 is 22.9 Å². The molecule has 0 spiro atoms. The zero-order chi connectivity index (χ0) is 24.6. The van der Waals surface area contributed by atoms with Crippen LogP contribution in [0.5, 0.6) is 0 Å². The van der Waals surface area contributed by atoms with E-state index >= 15 is 0 Å². The minimum absolute atomic E-state index is 0. The molecule has 1 aliphatic rings. The zero-order valence-corrected chi connectivity index (χ0v) is 21.4. The number of halogens is 1. The van der Waals surface area contributed by atoms with Gasteiger partial charge in [0.1, 0.15) is 6.54 Å². The first-order valence-corrected chi connectivity index (χ1v) is 13.9. The van der Waals surface area contributed by atoms with Crippen LogP contribution < -0.4 is 9.62 Å². The largest absolute Gasteiger partial charge is 0.368 e. The summed E-state index contributed by atoms with van der Waals surface area (Å²) < 4.78 is 29.6. The summed E-state index contributed by atoms with van der Waals surface area (Å²) in [4.78, 5) is 21.3. The summed E-state index contributed by atoms with van der Waals surface area (Å²) in [6.45, 7) is 4.20. The molecule has 2 aromatic heterocycles. The van der Waals surface area contributed by atoms with E-state index < -0.39 is 10.0 Å². The van der Waals surface area contributed by atoms with Crippen LogP contribution in [0.1, 0.15) is 9.78 Å². The van der Waals surface area contributed by atoms with Crippen LogP contribution in [0.3, 0.4) is 0 Å². The number of benzene rings is 2. The zero-order valence-electron chi connectivity index (χ0n) is 19.0. The lowest BCUT2D eigenvalue weighted by Crippen LogP contribution is -2.54. The van der Waals surface area contributed by atoms with Crippen LogP contribution in [0.25, 0.3) is 10.9 Å². The van der Waals surface area contributed by atoms with Gasteiger partial charge in [0, 0.05) is 62.5 Å². The molecule has 1 N–H and O–H groups in total. The third kappa shape index (κ3) is 5.00. The first-order chi connectivity index (χ1) is 16.8. The third-order valence-electron chi connectivity index (χ3n) is 6.16. The Bertz CT molecular complexity index is 1460. The van der Waals surface area contributed by atoms with Crippen molar-refractivity contribution in [3.8, 4) is 0 Å². The second-order valence-electron chi connectivity index (χ2n) is 8.47. The molecule has 1 atom stereocenters. The van der Waals surface area contributed by atoms with Gasteiger partial charge in [-0.1, -0.05) is 17.7 Å². The van der Waals surface area contributed by atoms with Crippen molar-refractivity contribution in [1.29, 1.82) is 0 Å². The number of thiazole rings is 1. The Morgan fingerprint density at radius 3 is 2.71 bits per heavy atom. The number of sulfonamides is 1. The van der Waals surface area contributed by atoms with Crippen molar-refractivity contribution in [2.45, 2.75) is 24.4 Å². The standard InChI is InChI=1S/C24H24ClN5O3S2.2H2/c1-17-15-28(20-4-6-21(7-5-20)35(32,33)27-24-26-9-13-34-24)11-12-30(17)23(31)16-29-10-8-18-2-3-19(25)14-22(18)29;;/h2-10,13-14,17H,11-12,15-16H2,1H3,(H,26,27);2*1H/t17-;;/m0../s1. The second-order valence-corrected chi connectivity index (χ2v) is 11.5. The molecule has 35 heavy (non-hydrogen) atoms. The van der Waals surface area contributed by atoms with Crippen molar-refractivity contribution in [2.75, 3.05) is 29.3 Å². The quantitative estimate of drug-likeness (QED) is 0.385. The molecule has 1 fully saturated rings. The second kappa shape index (κ2) is 9.52. The summed E-state index contributed by atoms with van der Waals surface area (Å²) in [5, 5.41) is 3.74. The maximum absolute atomic E-state index is 13.1. The van der Waals surface area contributed by atoms with Gasteiger partial charge in [-0.3, -0.25) is 9.52 Å². The number of nitrogens with one attached hydrogen (secondary N) is 1. The van der Waals surface area contributed by atoms with Crippen molar-refractivity contribution >= 4 is 60.6 Å². The first kappa shape index (κ1) is 23.7. The first-order valence-electron chi connectivity index (χ1n) is 11.1. The van der Waals surface area contributed by atoms with Gasteiger partial charge < -0.3 is 14.4 Å². The van der Waals surface area contributed by atoms with E-state index in [2.05, 4.69) is 14.6 Å². The van der Waals surface area contributed by atoms with Crippen LogP contribution in [0.15, 0.2) is 71.2 Å². The van der Waals surface area contributed by atoms with E-state index in [0.29, 0.717) is 29.8 Å². The monoisotopic (exact) mass is 533 g/mol. The Hall–Kier alpha value is -3.08. The minimum Gasteiger partial charge on any atom is -0.368 e. The number of hydrogen-bond donors (Lipinski definition) is 1. The predicted molar refractivity (Wildman–Crippen MR) is 144 cm³/mol. The lowest BCUT2D eigenvalue weighted by molar-refractivity contribution is -0.134. The van der Waals surface area contributed by atoms with Gasteiger partial charge >= 0.3 is 0 Å². The van der Waals surface area contributed by atoms with Crippen LogP contribution in [0, 0.1) is 0 Å². The Morgan fingerprint density at radius 2 is 2.00 bits per heavy atom. The molecule has 186 valence electrons. The van der Waals surface area contributed by atoms with Gasteiger partial charge in [-0.15, -0.1) is 11.3 Å². The molecule has 1 amide bonds. The molecule has 11 heteroatoms. The molecule has 2 aromatic carbocycles. The molecule has 4 aromatic rings. The number of hydrogen-bond acceptors (Lipinski definition) is 6. The predicted octanol–water partition coefficient (Wildman–Crippen LogP) is 4.78. The normalized spacial score (nSPS) is 16.6. The van der Waals surface area contributed by atoms with Gasteiger partial charge in [-0.05, 0) is 54.8 Å². The molecule has 0 saturated carbocycles. The van der Waals surface area contributed by atoms with Crippen LogP contribution in [0.4, 0.5) is 10.8 Å². The fraction of sp³-hybridized carbons (Fsp3) is 0.250. The highest BCUT2D eigenvalue weighted by Crippen LogP contribution is 2.25. The fourth-order valence-electron chi connectivity index (χ4n) is 4.38. The number of nitrogens with zero attached hydrogens (tertiary/aromatic N) is 4. The van der Waals surface area contributed by atoms with Crippen LogP contribution in [0.2, 0.25) is 5.02 Å². The van der Waals surface area contributed by atoms with Crippen LogP contribution in [-0.4, -0.2) is 54.5 Å². The number of piperazine rings is 1. The summed E-state index contributed by atoms with van der Waals surface area (Å²) in [7, 11) is -3.69. The van der Waals surface area contributed by atoms with Gasteiger partial charge in [0.05, 0.1) is 4.90 Å². The van der Waals surface area contributed by atoms with Gasteiger partial charge in [0.25, 0.3) is 10.0 Å². The fourth-order valence-corrected chi connectivity index (χ4v) is 6.33. The highest BCUT2D eigenvalue weighted by molar-refractivity contribution is 7.93. The molecule has 1 aliphatic heterocycles. The Balaban J connectivity index is 0.00000190. The smallest absolute Gasteiger partial charge is 0.263 e. The molecule has 0 bridgehead atoms. The Morgan fingerprint density at radius 1 is 1.20 bits per heavy atom. The molecular weight excluding hydrogens is 506 g/mol. The van der Waals surface area contributed by atoms with E-state index in [1.807, 2.05) is 46.9 Å². The lowest BCUT2D eigenvalue weighted by Gasteiger charge is -2.41. The molecule has 0 radical (unpaired) electrons. The topological polar surface area (TPSA) is 87.5 Å². The summed E-state index contributed by atoms with van der Waals surface area (Å²) in [6, 6.07) is 14.5. The lowest BCUT2D eigenvalue weighted by atomic mass is 10.1. The van der Waals surface area contributed by atoms with E-state index in [9.17, 15) is 13.2 Å². The van der Waals surface area contributed by atoms with Gasteiger partial charge in [-0.2, -0.15) is 0 Å². The summed E-state index contributed by atoms with van der Waals surface area (Å²) in [5.41, 5.74) is 1.86. The number of carbonyl (C=O) groups is 1. The molecular formula is C24H28ClN5O3S2. The summed E-state index contributed by atoms with van der Waals surface area (Å²) in [6.07, 6.45) is 3.46. The Labute approximate surface area is 215 Å². The maximum Gasteiger partial charge on any atom is 0.263 e. The Kier molecular flexibility index (Phi) is 6.43. The van der Waals surface area contributed by atoms with Crippen molar-refractivity contribution in [3.05, 3.63) is 71.3 Å². The average Bonchev–Trinajstić information content (AvgIpc) is 3.48. The number of amides is 1. The number of fused-ring (bicyclic) bond motifs is 1. The minimum atomic E-state index is -3.69. The van der Waals surface area contributed by atoms with E-state index in [1.54, 1.807) is 35.8 Å². The highest BCUT2D eigenvalue weighted by Gasteiger charge is 2.28. The van der Waals surface area contributed by atoms with Crippen molar-refractivity contribution in [1.82, 2.24) is 14.5 Å². The third-order valence-corrected chi connectivity index (χ3v) is 8.56. The molecule has 0 aliphatic carbocycles. The van der Waals surface area contributed by atoms with E-state index in [-0.39, 0.29) is 26.2 Å².